The van der Waals surface area contributed by atoms with Gasteiger partial charge in [0, 0.05) is 10.9 Å². The Kier molecular flexibility index (Phi) is 5.02. The topological polar surface area (TPSA) is 86.9 Å². The van der Waals surface area contributed by atoms with Gasteiger partial charge in [-0.05, 0) is 51.3 Å². The van der Waals surface area contributed by atoms with Gasteiger partial charge in [0.15, 0.2) is 10.9 Å². The van der Waals surface area contributed by atoms with Gasteiger partial charge in [0.1, 0.15) is 4.83 Å². The van der Waals surface area contributed by atoms with Gasteiger partial charge in [-0.25, -0.2) is 4.98 Å². The van der Waals surface area contributed by atoms with Crippen LogP contribution in [0.5, 0.6) is 0 Å². The Bertz CT molecular complexity index is 1250. The Morgan fingerprint density at radius 3 is 2.80 bits per heavy atom. The molecule has 1 saturated carbocycles. The van der Waals surface area contributed by atoms with Crippen molar-refractivity contribution in [1.82, 2.24) is 19.7 Å². The highest BCUT2D eigenvalue weighted by molar-refractivity contribution is 7.99. The van der Waals surface area contributed by atoms with Gasteiger partial charge in [0.05, 0.1) is 16.9 Å². The van der Waals surface area contributed by atoms with Gasteiger partial charge in [0.2, 0.25) is 11.7 Å². The largest absolute Gasteiger partial charge is 0.461 e. The molecule has 4 aromatic heterocycles. The lowest BCUT2D eigenvalue weighted by molar-refractivity contribution is 0.379. The summed E-state index contributed by atoms with van der Waals surface area (Å²) in [4.78, 5) is 24.8. The molecule has 1 unspecified atom stereocenters. The fourth-order valence-electron chi connectivity index (χ4n) is 3.97. The van der Waals surface area contributed by atoms with Crippen LogP contribution in [0.1, 0.15) is 60.2 Å². The minimum atomic E-state index is -0.152. The zero-order valence-electron chi connectivity index (χ0n) is 17.0. The fourth-order valence-corrected chi connectivity index (χ4v) is 6.05. The zero-order chi connectivity index (χ0) is 20.8. The maximum atomic E-state index is 13.5. The fraction of sp³-hybridized carbons (Fsp3) is 0.429. The SMILES string of the molecule is Cc1sc2nc(SC(C)c3nc(-c4ccco4)no3)n(C3CCCC3)c(=O)c2c1C. The number of hydrogen-bond donors (Lipinski definition) is 0. The lowest BCUT2D eigenvalue weighted by Gasteiger charge is -2.19. The van der Waals surface area contributed by atoms with E-state index in [0.29, 0.717) is 17.5 Å². The molecule has 1 fully saturated rings. The van der Waals surface area contributed by atoms with Crippen molar-refractivity contribution in [2.24, 2.45) is 0 Å². The molecule has 0 N–H and O–H groups in total. The number of fused-ring (bicyclic) bond motifs is 1. The highest BCUT2D eigenvalue weighted by Gasteiger charge is 2.27. The number of aryl methyl sites for hydroxylation is 2. The first-order chi connectivity index (χ1) is 14.5. The Morgan fingerprint density at radius 2 is 2.07 bits per heavy atom. The summed E-state index contributed by atoms with van der Waals surface area (Å²) in [6, 6.07) is 3.78. The highest BCUT2D eigenvalue weighted by Crippen LogP contribution is 2.39. The first-order valence-corrected chi connectivity index (χ1v) is 11.8. The monoisotopic (exact) mass is 442 g/mol. The van der Waals surface area contributed by atoms with E-state index in [1.807, 2.05) is 25.3 Å². The second-order valence-electron chi connectivity index (χ2n) is 7.66. The van der Waals surface area contributed by atoms with Gasteiger partial charge in [-0.3, -0.25) is 9.36 Å². The molecule has 1 aliphatic rings. The molecule has 0 aromatic carbocycles. The summed E-state index contributed by atoms with van der Waals surface area (Å²) in [5.41, 5.74) is 1.12. The van der Waals surface area contributed by atoms with Gasteiger partial charge >= 0.3 is 0 Å². The minimum absolute atomic E-state index is 0.0743. The molecule has 4 heterocycles. The molecule has 4 aromatic rings. The van der Waals surface area contributed by atoms with Gasteiger partial charge in [-0.2, -0.15) is 4.98 Å². The third kappa shape index (κ3) is 3.30. The molecule has 5 rings (SSSR count). The smallest absolute Gasteiger partial charge is 0.263 e. The van der Waals surface area contributed by atoms with Gasteiger partial charge < -0.3 is 8.94 Å². The van der Waals surface area contributed by atoms with E-state index in [9.17, 15) is 4.79 Å². The number of thiophene rings is 1. The molecule has 30 heavy (non-hydrogen) atoms. The standard InChI is InChI=1S/C21H22N4O3S2/c1-11-12(2)29-19-16(11)20(26)25(14-7-4-5-8-14)21(23-19)30-13(3)18-22-17(24-28-18)15-9-6-10-27-15/h6,9-10,13-14H,4-5,7-8H2,1-3H3. The summed E-state index contributed by atoms with van der Waals surface area (Å²) in [7, 11) is 0. The van der Waals surface area contributed by atoms with Crippen molar-refractivity contribution < 1.29 is 8.94 Å². The van der Waals surface area contributed by atoms with Crippen molar-refractivity contribution in [3.63, 3.8) is 0 Å². The Morgan fingerprint density at radius 1 is 1.27 bits per heavy atom. The Hall–Kier alpha value is -2.39. The summed E-state index contributed by atoms with van der Waals surface area (Å²) in [6.45, 7) is 6.05. The van der Waals surface area contributed by atoms with E-state index >= 15 is 0 Å². The van der Waals surface area contributed by atoms with Crippen LogP contribution in [0, 0.1) is 13.8 Å². The lowest BCUT2D eigenvalue weighted by atomic mass is 10.2. The molecular formula is C21H22N4O3S2. The lowest BCUT2D eigenvalue weighted by Crippen LogP contribution is -2.26. The third-order valence-electron chi connectivity index (χ3n) is 5.71. The first-order valence-electron chi connectivity index (χ1n) is 10.1. The molecule has 1 aliphatic carbocycles. The van der Waals surface area contributed by atoms with Crippen LogP contribution in [0.3, 0.4) is 0 Å². The van der Waals surface area contributed by atoms with E-state index in [1.165, 1.54) is 11.8 Å². The molecule has 0 amide bonds. The number of furan rings is 1. The zero-order valence-corrected chi connectivity index (χ0v) is 18.7. The average molecular weight is 443 g/mol. The number of aromatic nitrogens is 4. The predicted octanol–water partition coefficient (Wildman–Crippen LogP) is 5.69. The number of hydrogen-bond acceptors (Lipinski definition) is 8. The maximum absolute atomic E-state index is 13.5. The summed E-state index contributed by atoms with van der Waals surface area (Å²) >= 11 is 3.08. The van der Waals surface area contributed by atoms with Crippen molar-refractivity contribution in [3.8, 4) is 11.6 Å². The van der Waals surface area contributed by atoms with Crippen LogP contribution < -0.4 is 5.56 Å². The van der Waals surface area contributed by atoms with Crippen molar-refractivity contribution in [2.45, 2.75) is 62.9 Å². The molecule has 9 heteroatoms. The average Bonchev–Trinajstić information content (AvgIpc) is 3.51. The molecule has 0 bridgehead atoms. The van der Waals surface area contributed by atoms with Crippen molar-refractivity contribution in [3.05, 3.63) is 45.1 Å². The van der Waals surface area contributed by atoms with Gasteiger partial charge in [-0.15, -0.1) is 11.3 Å². The molecular weight excluding hydrogens is 420 g/mol. The minimum Gasteiger partial charge on any atom is -0.461 e. The van der Waals surface area contributed by atoms with Crippen molar-refractivity contribution >= 4 is 33.3 Å². The van der Waals surface area contributed by atoms with E-state index in [-0.39, 0.29) is 16.9 Å². The number of nitrogens with zero attached hydrogens (tertiary/aromatic N) is 4. The second-order valence-corrected chi connectivity index (χ2v) is 10.2. The molecule has 7 nitrogen and oxygen atoms in total. The molecule has 0 spiro atoms. The van der Waals surface area contributed by atoms with E-state index in [0.717, 1.165) is 51.5 Å². The molecule has 156 valence electrons. The normalized spacial score (nSPS) is 16.0. The highest BCUT2D eigenvalue weighted by atomic mass is 32.2. The quantitative estimate of drug-likeness (QED) is 0.290. The van der Waals surface area contributed by atoms with Crippen LogP contribution in [-0.2, 0) is 0 Å². The summed E-state index contributed by atoms with van der Waals surface area (Å²) in [6.07, 6.45) is 5.90. The molecule has 0 aliphatic heterocycles. The molecule has 0 radical (unpaired) electrons. The number of thioether (sulfide) groups is 1. The van der Waals surface area contributed by atoms with E-state index in [4.69, 9.17) is 13.9 Å². The van der Waals surface area contributed by atoms with E-state index in [1.54, 1.807) is 29.7 Å². The predicted molar refractivity (Wildman–Crippen MR) is 117 cm³/mol. The van der Waals surface area contributed by atoms with E-state index in [2.05, 4.69) is 10.1 Å². The van der Waals surface area contributed by atoms with Crippen LogP contribution in [0.4, 0.5) is 0 Å². The van der Waals surface area contributed by atoms with Crippen molar-refractivity contribution in [2.75, 3.05) is 0 Å². The Labute approximate surface area is 181 Å². The number of rotatable bonds is 5. The summed E-state index contributed by atoms with van der Waals surface area (Å²) in [5.74, 6) is 1.47. The summed E-state index contributed by atoms with van der Waals surface area (Å²) in [5, 5.41) is 5.36. The van der Waals surface area contributed by atoms with Gasteiger partial charge in [0.25, 0.3) is 5.56 Å². The van der Waals surface area contributed by atoms with Crippen LogP contribution >= 0.6 is 23.1 Å². The van der Waals surface area contributed by atoms with Crippen LogP contribution in [-0.4, -0.2) is 19.7 Å². The first kappa shape index (κ1) is 19.6. The van der Waals surface area contributed by atoms with E-state index < -0.39 is 0 Å². The summed E-state index contributed by atoms with van der Waals surface area (Å²) < 4.78 is 12.7. The third-order valence-corrected chi connectivity index (χ3v) is 7.86. The molecule has 0 saturated heterocycles. The van der Waals surface area contributed by atoms with Crippen LogP contribution in [0.15, 0.2) is 37.3 Å². The second kappa shape index (κ2) is 7.70. The maximum Gasteiger partial charge on any atom is 0.263 e. The van der Waals surface area contributed by atoms with Crippen LogP contribution in [0.25, 0.3) is 21.8 Å². The van der Waals surface area contributed by atoms with Crippen molar-refractivity contribution in [1.29, 1.82) is 0 Å². The van der Waals surface area contributed by atoms with Gasteiger partial charge in [-0.1, -0.05) is 29.8 Å². The Balaban J connectivity index is 1.54. The molecule has 1 atom stereocenters. The van der Waals surface area contributed by atoms with Crippen LogP contribution in [0.2, 0.25) is 0 Å².